The summed E-state index contributed by atoms with van der Waals surface area (Å²) in [6.45, 7) is 10.5. The summed E-state index contributed by atoms with van der Waals surface area (Å²) in [5.74, 6) is -1.06. The average Bonchev–Trinajstić information content (AvgIpc) is 2.43. The Morgan fingerprint density at radius 1 is 1.21 bits per heavy atom. The third-order valence-electron chi connectivity index (χ3n) is 3.94. The Bertz CT molecular complexity index is 530. The van der Waals surface area contributed by atoms with E-state index in [1.165, 1.54) is 6.07 Å². The first-order valence-corrected chi connectivity index (χ1v) is 6.70. The van der Waals surface area contributed by atoms with E-state index in [9.17, 15) is 9.18 Å². The van der Waals surface area contributed by atoms with Crippen LogP contribution in [0.1, 0.15) is 62.5 Å². The zero-order chi connectivity index (χ0) is 14.4. The third-order valence-corrected chi connectivity index (χ3v) is 3.94. The Morgan fingerprint density at radius 3 is 2.26 bits per heavy atom. The molecular weight excluding hydrogens is 243 g/mol. The van der Waals surface area contributed by atoms with Gasteiger partial charge in [-0.2, -0.15) is 0 Å². The molecule has 1 aliphatic carbocycles. The maximum Gasteiger partial charge on any atom is 0.341 e. The minimum absolute atomic E-state index is 0.0476. The summed E-state index contributed by atoms with van der Waals surface area (Å²) in [6, 6.07) is 3.19. The number of rotatable bonds is 2. The Hall–Kier alpha value is -1.38. The lowest BCUT2D eigenvalue weighted by atomic mass is 9.82. The summed E-state index contributed by atoms with van der Waals surface area (Å²) in [5, 5.41) is 0. The largest absolute Gasteiger partial charge is 0.462 e. The van der Waals surface area contributed by atoms with Crippen LogP contribution in [0.5, 0.6) is 0 Å². The monoisotopic (exact) mass is 264 g/mol. The Balaban J connectivity index is 2.58. The van der Waals surface area contributed by atoms with Crippen molar-refractivity contribution in [2.45, 2.75) is 51.9 Å². The molecule has 19 heavy (non-hydrogen) atoms. The van der Waals surface area contributed by atoms with Crippen molar-refractivity contribution < 1.29 is 13.9 Å². The number of carbonyl (C=O) groups is 1. The van der Waals surface area contributed by atoms with Crippen molar-refractivity contribution in [2.24, 2.45) is 0 Å². The van der Waals surface area contributed by atoms with Crippen LogP contribution in [0.15, 0.2) is 12.1 Å². The van der Waals surface area contributed by atoms with Crippen molar-refractivity contribution in [3.05, 3.63) is 34.6 Å². The second-order valence-corrected chi connectivity index (χ2v) is 6.54. The van der Waals surface area contributed by atoms with E-state index in [4.69, 9.17) is 4.74 Å². The first kappa shape index (κ1) is 14.0. The molecule has 0 bridgehead atoms. The standard InChI is InChI=1S/C16H21FO2/c1-6-19-14(18)10-7-11-12(8-13(10)17)16(4,5)9-15(11,2)3/h7-8H,6,9H2,1-5H3. The van der Waals surface area contributed by atoms with Crippen molar-refractivity contribution in [2.75, 3.05) is 6.61 Å². The molecule has 0 saturated heterocycles. The maximum atomic E-state index is 14.1. The summed E-state index contributed by atoms with van der Waals surface area (Å²) in [7, 11) is 0. The molecule has 0 unspecified atom stereocenters. The van der Waals surface area contributed by atoms with E-state index in [1.807, 2.05) is 0 Å². The van der Waals surface area contributed by atoms with Gasteiger partial charge in [0.1, 0.15) is 5.82 Å². The van der Waals surface area contributed by atoms with E-state index in [0.29, 0.717) is 0 Å². The number of benzene rings is 1. The van der Waals surface area contributed by atoms with E-state index in [-0.39, 0.29) is 23.0 Å². The number of fused-ring (bicyclic) bond motifs is 1. The smallest absolute Gasteiger partial charge is 0.341 e. The fraction of sp³-hybridized carbons (Fsp3) is 0.562. The summed E-state index contributed by atoms with van der Waals surface area (Å²) in [4.78, 5) is 11.8. The Labute approximate surface area is 114 Å². The molecule has 1 aliphatic rings. The van der Waals surface area contributed by atoms with Gasteiger partial charge in [0.2, 0.25) is 0 Å². The number of hydrogen-bond acceptors (Lipinski definition) is 2. The van der Waals surface area contributed by atoms with Gasteiger partial charge in [0.25, 0.3) is 0 Å². The molecule has 104 valence electrons. The van der Waals surface area contributed by atoms with Crippen LogP contribution < -0.4 is 0 Å². The van der Waals surface area contributed by atoms with E-state index >= 15 is 0 Å². The second kappa shape index (κ2) is 4.32. The van der Waals surface area contributed by atoms with Gasteiger partial charge in [-0.05, 0) is 47.4 Å². The molecule has 0 aliphatic heterocycles. The molecule has 0 radical (unpaired) electrons. The number of hydrogen-bond donors (Lipinski definition) is 0. The summed E-state index contributed by atoms with van der Waals surface area (Å²) in [6.07, 6.45) is 0.945. The molecule has 2 rings (SSSR count). The molecule has 2 nitrogen and oxygen atoms in total. The van der Waals surface area contributed by atoms with Gasteiger partial charge in [-0.1, -0.05) is 27.7 Å². The van der Waals surface area contributed by atoms with Gasteiger partial charge in [-0.15, -0.1) is 0 Å². The van der Waals surface area contributed by atoms with Crippen LogP contribution in [-0.4, -0.2) is 12.6 Å². The summed E-state index contributed by atoms with van der Waals surface area (Å²) in [5.41, 5.74) is 2.00. The number of esters is 1. The van der Waals surface area contributed by atoms with Crippen molar-refractivity contribution in [3.8, 4) is 0 Å². The first-order chi connectivity index (χ1) is 8.69. The number of carbonyl (C=O) groups excluding carboxylic acids is 1. The van der Waals surface area contributed by atoms with Crippen molar-refractivity contribution in [3.63, 3.8) is 0 Å². The molecule has 0 amide bonds. The highest BCUT2D eigenvalue weighted by Crippen LogP contribution is 2.49. The van der Waals surface area contributed by atoms with Crippen LogP contribution in [0, 0.1) is 5.82 Å². The molecule has 0 spiro atoms. The predicted molar refractivity (Wildman–Crippen MR) is 73.0 cm³/mol. The highest BCUT2D eigenvalue weighted by atomic mass is 19.1. The van der Waals surface area contributed by atoms with Gasteiger partial charge in [0.05, 0.1) is 12.2 Å². The Kier molecular flexibility index (Phi) is 3.20. The van der Waals surface area contributed by atoms with Crippen LogP contribution in [0.3, 0.4) is 0 Å². The fourth-order valence-electron chi connectivity index (χ4n) is 3.35. The highest BCUT2D eigenvalue weighted by Gasteiger charge is 2.42. The molecule has 0 saturated carbocycles. The molecule has 0 heterocycles. The van der Waals surface area contributed by atoms with Gasteiger partial charge in [-0.25, -0.2) is 9.18 Å². The average molecular weight is 264 g/mol. The molecule has 0 atom stereocenters. The van der Waals surface area contributed by atoms with E-state index < -0.39 is 11.8 Å². The lowest BCUT2D eigenvalue weighted by Gasteiger charge is -2.22. The van der Waals surface area contributed by atoms with Gasteiger partial charge in [0.15, 0.2) is 0 Å². The number of ether oxygens (including phenoxy) is 1. The molecule has 1 aromatic carbocycles. The minimum atomic E-state index is -0.580. The lowest BCUT2D eigenvalue weighted by molar-refractivity contribution is 0.0521. The van der Waals surface area contributed by atoms with Gasteiger partial charge >= 0.3 is 5.97 Å². The van der Waals surface area contributed by atoms with Gasteiger partial charge in [-0.3, -0.25) is 0 Å². The van der Waals surface area contributed by atoms with Crippen molar-refractivity contribution in [1.82, 2.24) is 0 Å². The van der Waals surface area contributed by atoms with E-state index in [2.05, 4.69) is 27.7 Å². The van der Waals surface area contributed by atoms with Gasteiger partial charge in [0, 0.05) is 0 Å². The predicted octanol–water partition coefficient (Wildman–Crippen LogP) is 3.96. The maximum absolute atomic E-state index is 14.1. The lowest BCUT2D eigenvalue weighted by Crippen LogP contribution is -2.18. The van der Waals surface area contributed by atoms with E-state index in [0.717, 1.165) is 17.5 Å². The topological polar surface area (TPSA) is 26.3 Å². The summed E-state index contributed by atoms with van der Waals surface area (Å²) >= 11 is 0. The molecular formula is C16H21FO2. The molecule has 0 N–H and O–H groups in total. The van der Waals surface area contributed by atoms with Crippen LogP contribution in [-0.2, 0) is 15.6 Å². The van der Waals surface area contributed by atoms with Crippen LogP contribution in [0.2, 0.25) is 0 Å². The molecule has 3 heteroatoms. The first-order valence-electron chi connectivity index (χ1n) is 6.70. The SMILES string of the molecule is CCOC(=O)c1cc2c(cc1F)C(C)(C)CC2(C)C. The zero-order valence-electron chi connectivity index (χ0n) is 12.3. The third kappa shape index (κ3) is 2.26. The van der Waals surface area contributed by atoms with Crippen molar-refractivity contribution >= 4 is 5.97 Å². The minimum Gasteiger partial charge on any atom is -0.462 e. The fourth-order valence-corrected chi connectivity index (χ4v) is 3.35. The number of halogens is 1. The Morgan fingerprint density at radius 2 is 1.74 bits per heavy atom. The highest BCUT2D eigenvalue weighted by molar-refractivity contribution is 5.90. The van der Waals surface area contributed by atoms with Crippen molar-refractivity contribution in [1.29, 1.82) is 0 Å². The van der Waals surface area contributed by atoms with Crippen LogP contribution in [0.4, 0.5) is 4.39 Å². The van der Waals surface area contributed by atoms with E-state index in [1.54, 1.807) is 13.0 Å². The molecule has 1 aromatic rings. The van der Waals surface area contributed by atoms with Crippen LogP contribution in [0.25, 0.3) is 0 Å². The normalized spacial score (nSPS) is 19.1. The molecule has 0 fully saturated rings. The quantitative estimate of drug-likeness (QED) is 0.756. The summed E-state index contributed by atoms with van der Waals surface area (Å²) < 4.78 is 19.0. The second-order valence-electron chi connectivity index (χ2n) is 6.54. The van der Waals surface area contributed by atoms with Crippen LogP contribution >= 0.6 is 0 Å². The van der Waals surface area contributed by atoms with Gasteiger partial charge < -0.3 is 4.74 Å². The molecule has 0 aromatic heterocycles. The zero-order valence-corrected chi connectivity index (χ0v) is 12.3.